The van der Waals surface area contributed by atoms with Gasteiger partial charge in [0.15, 0.2) is 0 Å². The van der Waals surface area contributed by atoms with Crippen LogP contribution in [0, 0.1) is 22.1 Å². The van der Waals surface area contributed by atoms with E-state index in [-0.39, 0.29) is 21.8 Å². The molecule has 0 saturated carbocycles. The van der Waals surface area contributed by atoms with Crippen LogP contribution in [-0.4, -0.2) is 13.1 Å². The van der Waals surface area contributed by atoms with E-state index in [9.17, 15) is 13.6 Å². The predicted molar refractivity (Wildman–Crippen MR) is 90.0 cm³/mol. The highest BCUT2D eigenvalue weighted by molar-refractivity contribution is 14.1. The number of nitrogens with two attached hydrogens (primary N) is 1. The van der Waals surface area contributed by atoms with Gasteiger partial charge < -0.3 is 10.5 Å². The molecule has 0 aromatic heterocycles. The number of nitrogen functional groups attached to an aromatic ring is 1. The van der Waals surface area contributed by atoms with E-state index in [1.165, 1.54) is 19.2 Å². The van der Waals surface area contributed by atoms with Gasteiger partial charge in [0.05, 0.1) is 23.4 Å². The molecule has 2 rings (SSSR count). The highest BCUT2D eigenvalue weighted by Gasteiger charge is 2.21. The lowest BCUT2D eigenvalue weighted by atomic mass is 9.96. The summed E-state index contributed by atoms with van der Waals surface area (Å²) in [4.78, 5) is 11.7. The first-order valence-corrected chi connectivity index (χ1v) is 7.55. The molecule has 0 saturated heterocycles. The second-order valence-electron chi connectivity index (χ2n) is 4.58. The third-order valence-corrected chi connectivity index (χ3v) is 4.60. The largest absolute Gasteiger partial charge is 0.465 e. The second kappa shape index (κ2) is 6.37. The van der Waals surface area contributed by atoms with Gasteiger partial charge in [0.2, 0.25) is 0 Å². The van der Waals surface area contributed by atoms with Crippen molar-refractivity contribution >= 4 is 45.8 Å². The van der Waals surface area contributed by atoms with Crippen LogP contribution in [0.2, 0.25) is 5.02 Å². The van der Waals surface area contributed by atoms with Crippen molar-refractivity contribution in [2.75, 3.05) is 12.8 Å². The molecule has 0 bridgehead atoms. The summed E-state index contributed by atoms with van der Waals surface area (Å²) < 4.78 is 32.5. The molecule has 2 N–H and O–H groups in total. The molecule has 0 radical (unpaired) electrons. The molecule has 2 aromatic carbocycles. The van der Waals surface area contributed by atoms with Crippen LogP contribution in [0.25, 0.3) is 11.1 Å². The van der Waals surface area contributed by atoms with Gasteiger partial charge in [-0.1, -0.05) is 11.6 Å². The van der Waals surface area contributed by atoms with Crippen LogP contribution < -0.4 is 5.73 Å². The predicted octanol–water partition coefficient (Wildman–Crippen LogP) is 4.57. The van der Waals surface area contributed by atoms with E-state index in [1.807, 2.05) is 22.6 Å². The number of esters is 1. The Labute approximate surface area is 144 Å². The van der Waals surface area contributed by atoms with Gasteiger partial charge in [-0.3, -0.25) is 0 Å². The molecule has 0 atom stereocenters. The molecule has 0 heterocycles. The Kier molecular flexibility index (Phi) is 4.91. The molecule has 0 aliphatic heterocycles. The average molecular weight is 438 g/mol. The summed E-state index contributed by atoms with van der Waals surface area (Å²) in [5, 5.41) is -0.192. The molecule has 2 aromatic rings. The topological polar surface area (TPSA) is 52.3 Å². The number of halogens is 4. The third kappa shape index (κ3) is 2.89. The van der Waals surface area contributed by atoms with Gasteiger partial charge in [0, 0.05) is 20.8 Å². The Morgan fingerprint density at radius 3 is 2.50 bits per heavy atom. The molecule has 3 nitrogen and oxygen atoms in total. The molecule has 22 heavy (non-hydrogen) atoms. The normalized spacial score (nSPS) is 10.6. The lowest BCUT2D eigenvalue weighted by molar-refractivity contribution is 0.0602. The minimum absolute atomic E-state index is 0.122. The van der Waals surface area contributed by atoms with Crippen molar-refractivity contribution in [1.29, 1.82) is 0 Å². The monoisotopic (exact) mass is 437 g/mol. The molecule has 0 amide bonds. The van der Waals surface area contributed by atoms with Crippen LogP contribution in [0.5, 0.6) is 0 Å². The smallest absolute Gasteiger partial charge is 0.340 e. The van der Waals surface area contributed by atoms with Crippen molar-refractivity contribution in [2.24, 2.45) is 0 Å². The summed E-state index contributed by atoms with van der Waals surface area (Å²) in [6, 6.07) is 3.43. The molecule has 0 spiro atoms. The molecular weight excluding hydrogens is 427 g/mol. The third-order valence-electron chi connectivity index (χ3n) is 3.19. The van der Waals surface area contributed by atoms with Gasteiger partial charge in [0.1, 0.15) is 11.6 Å². The van der Waals surface area contributed by atoms with Crippen molar-refractivity contribution in [1.82, 2.24) is 0 Å². The summed E-state index contributed by atoms with van der Waals surface area (Å²) in [6.45, 7) is 1.69. The van der Waals surface area contributed by atoms with E-state index in [0.29, 0.717) is 14.7 Å². The van der Waals surface area contributed by atoms with Crippen LogP contribution >= 0.6 is 34.2 Å². The summed E-state index contributed by atoms with van der Waals surface area (Å²) in [5.41, 5.74) is 7.50. The number of ether oxygens (including phenoxy) is 1. The summed E-state index contributed by atoms with van der Waals surface area (Å²) in [7, 11) is 1.25. The SMILES string of the molecule is COC(=O)c1cc(C)c(-c2cc(Cl)c(F)cc2F)c(I)c1N. The van der Waals surface area contributed by atoms with Crippen molar-refractivity contribution < 1.29 is 18.3 Å². The van der Waals surface area contributed by atoms with Crippen molar-refractivity contribution in [3.8, 4) is 11.1 Å². The van der Waals surface area contributed by atoms with Gasteiger partial charge >= 0.3 is 5.97 Å². The molecule has 0 unspecified atom stereocenters. The number of hydrogen-bond donors (Lipinski definition) is 1. The number of hydrogen-bond acceptors (Lipinski definition) is 3. The quantitative estimate of drug-likeness (QED) is 0.324. The van der Waals surface area contributed by atoms with Crippen LogP contribution in [0.3, 0.4) is 0 Å². The fourth-order valence-electron chi connectivity index (χ4n) is 2.12. The average Bonchev–Trinajstić information content (AvgIpc) is 2.47. The Hall–Kier alpha value is -1.41. The van der Waals surface area contributed by atoms with Crippen LogP contribution in [-0.2, 0) is 4.74 Å². The van der Waals surface area contributed by atoms with Crippen molar-refractivity contribution in [3.63, 3.8) is 0 Å². The van der Waals surface area contributed by atoms with Crippen LogP contribution in [0.1, 0.15) is 15.9 Å². The van der Waals surface area contributed by atoms with Gasteiger partial charge in [-0.25, -0.2) is 13.6 Å². The Balaban J connectivity index is 2.75. The number of aryl methyl sites for hydroxylation is 1. The molecule has 0 aliphatic rings. The maximum Gasteiger partial charge on any atom is 0.340 e. The summed E-state index contributed by atoms with van der Waals surface area (Å²) in [6.07, 6.45) is 0. The number of methoxy groups -OCH3 is 1. The number of rotatable bonds is 2. The van der Waals surface area contributed by atoms with Crippen molar-refractivity contribution in [3.05, 3.63) is 49.6 Å². The molecule has 116 valence electrons. The minimum atomic E-state index is -0.838. The molecular formula is C15H11ClF2INO2. The first kappa shape index (κ1) is 17.0. The van der Waals surface area contributed by atoms with E-state index in [4.69, 9.17) is 17.3 Å². The maximum atomic E-state index is 14.1. The fourth-order valence-corrected chi connectivity index (χ4v) is 3.29. The van der Waals surface area contributed by atoms with E-state index in [0.717, 1.165) is 6.07 Å². The highest BCUT2D eigenvalue weighted by atomic mass is 127. The van der Waals surface area contributed by atoms with Gasteiger partial charge in [-0.05, 0) is 47.2 Å². The standard InChI is InChI=1S/C15H11ClF2INO2/c1-6-3-8(15(21)22-2)14(20)13(19)12(6)7-4-9(16)11(18)5-10(7)17/h3-5H,20H2,1-2H3. The first-order chi connectivity index (χ1) is 10.3. The van der Waals surface area contributed by atoms with Gasteiger partial charge in [-0.2, -0.15) is 0 Å². The minimum Gasteiger partial charge on any atom is -0.465 e. The van der Waals surface area contributed by atoms with E-state index in [2.05, 4.69) is 4.74 Å². The van der Waals surface area contributed by atoms with Crippen molar-refractivity contribution in [2.45, 2.75) is 6.92 Å². The summed E-state index contributed by atoms with van der Waals surface area (Å²) in [5.74, 6) is -2.18. The zero-order chi connectivity index (χ0) is 16.6. The molecule has 7 heteroatoms. The zero-order valence-electron chi connectivity index (χ0n) is 11.6. The lowest BCUT2D eigenvalue weighted by Gasteiger charge is -2.15. The highest BCUT2D eigenvalue weighted by Crippen LogP contribution is 2.37. The van der Waals surface area contributed by atoms with Gasteiger partial charge in [0.25, 0.3) is 0 Å². The zero-order valence-corrected chi connectivity index (χ0v) is 14.6. The maximum absolute atomic E-state index is 14.1. The van der Waals surface area contributed by atoms with Gasteiger partial charge in [-0.15, -0.1) is 0 Å². The van der Waals surface area contributed by atoms with Crippen LogP contribution in [0.15, 0.2) is 18.2 Å². The number of carbonyl (C=O) groups excluding carboxylic acids is 1. The fraction of sp³-hybridized carbons (Fsp3) is 0.133. The number of anilines is 1. The number of benzene rings is 2. The first-order valence-electron chi connectivity index (χ1n) is 6.09. The molecule has 0 fully saturated rings. The van der Waals surface area contributed by atoms with Crippen LogP contribution in [0.4, 0.5) is 14.5 Å². The van der Waals surface area contributed by atoms with E-state index in [1.54, 1.807) is 6.92 Å². The lowest BCUT2D eigenvalue weighted by Crippen LogP contribution is -2.09. The summed E-state index contributed by atoms with van der Waals surface area (Å²) >= 11 is 7.64. The Bertz CT molecular complexity index is 781. The van der Waals surface area contributed by atoms with E-state index < -0.39 is 17.6 Å². The Morgan fingerprint density at radius 1 is 1.27 bits per heavy atom. The number of carbonyl (C=O) groups is 1. The van der Waals surface area contributed by atoms with E-state index >= 15 is 0 Å². The second-order valence-corrected chi connectivity index (χ2v) is 6.07. The Morgan fingerprint density at radius 2 is 1.91 bits per heavy atom. The molecule has 0 aliphatic carbocycles.